The van der Waals surface area contributed by atoms with Crippen LogP contribution in [0.5, 0.6) is 0 Å². The van der Waals surface area contributed by atoms with Crippen LogP contribution in [0.25, 0.3) is 82.9 Å². The molecule has 0 saturated carbocycles. The first kappa shape index (κ1) is 23.1. The molecule has 9 aromatic rings. The maximum atomic E-state index is 6.27. The van der Waals surface area contributed by atoms with Crippen molar-refractivity contribution in [2.75, 3.05) is 0 Å². The van der Waals surface area contributed by atoms with E-state index in [-0.39, 0.29) is 0 Å². The average molecular weight is 551 g/mol. The van der Waals surface area contributed by atoms with Gasteiger partial charge in [0.25, 0.3) is 0 Å². The van der Waals surface area contributed by atoms with Gasteiger partial charge in [0.2, 0.25) is 0 Å². The van der Waals surface area contributed by atoms with Gasteiger partial charge < -0.3 is 13.6 Å². The van der Waals surface area contributed by atoms with Crippen molar-refractivity contribution in [2.24, 2.45) is 0 Å². The van der Waals surface area contributed by atoms with Crippen LogP contribution in [0.3, 0.4) is 0 Å². The Bertz CT molecular complexity index is 2610. The van der Waals surface area contributed by atoms with Gasteiger partial charge in [-0.25, -0.2) is 0 Å². The molecule has 0 fully saturated rings. The molecule has 0 aliphatic heterocycles. The lowest BCUT2D eigenvalue weighted by molar-refractivity contribution is 0.669. The molecule has 0 radical (unpaired) electrons. The summed E-state index contributed by atoms with van der Waals surface area (Å²) in [7, 11) is 0. The van der Waals surface area contributed by atoms with Crippen LogP contribution in [-0.4, -0.2) is 9.13 Å². The standard InChI is InChI=1S/C40H26N2O/c1-2-10-26(11-3-1)41-34-15-7-4-12-28(34)30-20-19-27(23-36(30)41)42-35-16-8-5-13-29(35)33-22-25-18-21-39-40(32(25)24-37(33)42)31-14-6-9-17-38(31)43-39/h1-3,5-11,13-24H,4,12H2. The van der Waals surface area contributed by atoms with Crippen LogP contribution in [0, 0.1) is 0 Å². The van der Waals surface area contributed by atoms with E-state index < -0.39 is 0 Å². The van der Waals surface area contributed by atoms with Gasteiger partial charge in [0, 0.05) is 44.0 Å². The predicted molar refractivity (Wildman–Crippen MR) is 180 cm³/mol. The molecular weight excluding hydrogens is 524 g/mol. The fourth-order valence-electron chi connectivity index (χ4n) is 7.51. The predicted octanol–water partition coefficient (Wildman–Crippen LogP) is 10.7. The summed E-state index contributed by atoms with van der Waals surface area (Å²) in [5, 5.41) is 8.64. The minimum atomic E-state index is 0.927. The first-order chi connectivity index (χ1) is 21.3. The third-order valence-corrected chi connectivity index (χ3v) is 9.36. The molecule has 6 aromatic carbocycles. The van der Waals surface area contributed by atoms with Gasteiger partial charge >= 0.3 is 0 Å². The smallest absolute Gasteiger partial charge is 0.136 e. The zero-order chi connectivity index (χ0) is 28.1. The number of furan rings is 1. The number of allylic oxidation sites excluding steroid dienone is 1. The second-order valence-electron chi connectivity index (χ2n) is 11.7. The molecule has 1 aliphatic carbocycles. The number of hydrogen-bond acceptors (Lipinski definition) is 1. The van der Waals surface area contributed by atoms with Crippen LogP contribution in [-0.2, 0) is 6.42 Å². The topological polar surface area (TPSA) is 23.0 Å². The molecule has 1 aliphatic rings. The summed E-state index contributed by atoms with van der Waals surface area (Å²) >= 11 is 0. The number of aromatic nitrogens is 2. The van der Waals surface area contributed by atoms with Gasteiger partial charge in [0.1, 0.15) is 11.2 Å². The molecule has 0 amide bonds. The zero-order valence-corrected chi connectivity index (χ0v) is 23.4. The molecule has 3 aromatic heterocycles. The van der Waals surface area contributed by atoms with Crippen molar-refractivity contribution in [3.05, 3.63) is 139 Å². The lowest BCUT2D eigenvalue weighted by atomic mass is 10.0. The quantitative estimate of drug-likeness (QED) is 0.210. The largest absolute Gasteiger partial charge is 0.456 e. The Morgan fingerprint density at radius 1 is 0.512 bits per heavy atom. The average Bonchev–Trinajstić information content (AvgIpc) is 3.71. The van der Waals surface area contributed by atoms with E-state index in [1.54, 1.807) is 0 Å². The summed E-state index contributed by atoms with van der Waals surface area (Å²) in [4.78, 5) is 0. The minimum absolute atomic E-state index is 0.927. The fraction of sp³-hybridized carbons (Fsp3) is 0.0500. The molecule has 0 unspecified atom stereocenters. The van der Waals surface area contributed by atoms with Crippen LogP contribution >= 0.6 is 0 Å². The third kappa shape index (κ3) is 3.14. The normalized spacial score (nSPS) is 13.3. The van der Waals surface area contributed by atoms with E-state index in [1.165, 1.54) is 71.5 Å². The van der Waals surface area contributed by atoms with Gasteiger partial charge in [-0.05, 0) is 89.9 Å². The second-order valence-corrected chi connectivity index (χ2v) is 11.7. The van der Waals surface area contributed by atoms with E-state index >= 15 is 0 Å². The monoisotopic (exact) mass is 550 g/mol. The number of rotatable bonds is 2. The SMILES string of the molecule is C1=Cc2c(c3ccc(-n4c5ccccc5c5cc6ccc7oc8ccccc8c7c6cc54)cc3n2-c2ccccc2)CC1. The summed E-state index contributed by atoms with van der Waals surface area (Å²) in [6, 6.07) is 44.0. The Labute approximate surface area is 247 Å². The first-order valence-electron chi connectivity index (χ1n) is 15.0. The molecule has 0 N–H and O–H groups in total. The summed E-state index contributed by atoms with van der Waals surface area (Å²) < 4.78 is 11.2. The minimum Gasteiger partial charge on any atom is -0.456 e. The third-order valence-electron chi connectivity index (χ3n) is 9.36. The highest BCUT2D eigenvalue weighted by Gasteiger charge is 2.21. The van der Waals surface area contributed by atoms with Crippen molar-refractivity contribution in [3.8, 4) is 11.4 Å². The highest BCUT2D eigenvalue weighted by atomic mass is 16.3. The van der Waals surface area contributed by atoms with Crippen molar-refractivity contribution in [2.45, 2.75) is 12.8 Å². The van der Waals surface area contributed by atoms with Crippen LogP contribution in [0.4, 0.5) is 0 Å². The molecule has 202 valence electrons. The number of hydrogen-bond donors (Lipinski definition) is 0. The highest BCUT2D eigenvalue weighted by molar-refractivity contribution is 6.23. The number of nitrogens with zero attached hydrogens (tertiary/aromatic N) is 2. The molecule has 0 spiro atoms. The van der Waals surface area contributed by atoms with Gasteiger partial charge in [-0.1, -0.05) is 72.8 Å². The molecule has 0 saturated heterocycles. The van der Waals surface area contributed by atoms with Gasteiger partial charge in [-0.2, -0.15) is 0 Å². The number of para-hydroxylation sites is 3. The Balaban J connectivity index is 1.33. The van der Waals surface area contributed by atoms with Crippen LogP contribution in [0.2, 0.25) is 0 Å². The summed E-state index contributed by atoms with van der Waals surface area (Å²) in [5.41, 5.74) is 10.6. The van der Waals surface area contributed by atoms with Crippen molar-refractivity contribution in [1.82, 2.24) is 9.13 Å². The Morgan fingerprint density at radius 2 is 1.33 bits per heavy atom. The van der Waals surface area contributed by atoms with Crippen molar-refractivity contribution in [1.29, 1.82) is 0 Å². The molecule has 3 nitrogen and oxygen atoms in total. The van der Waals surface area contributed by atoms with Gasteiger partial charge in [0.05, 0.1) is 16.6 Å². The molecular formula is C40H26N2O. The van der Waals surface area contributed by atoms with Crippen molar-refractivity contribution >= 4 is 71.5 Å². The lowest BCUT2D eigenvalue weighted by Gasteiger charge is -2.13. The number of benzene rings is 6. The van der Waals surface area contributed by atoms with Gasteiger partial charge in [-0.15, -0.1) is 0 Å². The van der Waals surface area contributed by atoms with Crippen molar-refractivity contribution < 1.29 is 4.42 Å². The molecule has 3 heterocycles. The van der Waals surface area contributed by atoms with E-state index in [0.29, 0.717) is 0 Å². The number of aryl methyl sites for hydroxylation is 1. The van der Waals surface area contributed by atoms with E-state index in [9.17, 15) is 0 Å². The first-order valence-corrected chi connectivity index (χ1v) is 15.0. The number of fused-ring (bicyclic) bond motifs is 11. The van der Waals surface area contributed by atoms with E-state index in [0.717, 1.165) is 29.4 Å². The lowest BCUT2D eigenvalue weighted by Crippen LogP contribution is -2.00. The summed E-state index contributed by atoms with van der Waals surface area (Å²) in [6.45, 7) is 0. The van der Waals surface area contributed by atoms with Crippen LogP contribution < -0.4 is 0 Å². The van der Waals surface area contributed by atoms with Crippen LogP contribution in [0.15, 0.2) is 132 Å². The van der Waals surface area contributed by atoms with E-state index in [4.69, 9.17) is 4.42 Å². The second kappa shape index (κ2) is 8.50. The molecule has 0 bridgehead atoms. The fourth-order valence-corrected chi connectivity index (χ4v) is 7.51. The van der Waals surface area contributed by atoms with Crippen molar-refractivity contribution in [3.63, 3.8) is 0 Å². The van der Waals surface area contributed by atoms with E-state index in [1.807, 2.05) is 6.07 Å². The van der Waals surface area contributed by atoms with Crippen LogP contribution in [0.1, 0.15) is 17.7 Å². The van der Waals surface area contributed by atoms with Gasteiger partial charge in [0.15, 0.2) is 0 Å². The Morgan fingerprint density at radius 3 is 2.26 bits per heavy atom. The molecule has 3 heteroatoms. The highest BCUT2D eigenvalue weighted by Crippen LogP contribution is 2.41. The summed E-state index contributed by atoms with van der Waals surface area (Å²) in [5.74, 6) is 0. The molecule has 43 heavy (non-hydrogen) atoms. The zero-order valence-electron chi connectivity index (χ0n) is 23.4. The van der Waals surface area contributed by atoms with Gasteiger partial charge in [-0.3, -0.25) is 0 Å². The summed E-state index contributed by atoms with van der Waals surface area (Å²) in [6.07, 6.45) is 6.76. The maximum Gasteiger partial charge on any atom is 0.136 e. The maximum absolute atomic E-state index is 6.27. The Hall–Kier alpha value is -5.54. The van der Waals surface area contributed by atoms with E-state index in [2.05, 4.69) is 137 Å². The molecule has 0 atom stereocenters. The Kier molecular flexibility index (Phi) is 4.56. The molecule has 10 rings (SSSR count).